The van der Waals surface area contributed by atoms with Crippen molar-refractivity contribution in [2.45, 2.75) is 0 Å². The summed E-state index contributed by atoms with van der Waals surface area (Å²) in [5, 5.41) is 15.8. The number of carboxylic acids is 1. The number of rotatable bonds is 2. The first kappa shape index (κ1) is 6.59. The molecule has 4 nitrogen and oxygen atoms in total. The van der Waals surface area contributed by atoms with Crippen LogP contribution in [0, 0.1) is 5.41 Å². The molecule has 0 bridgehead atoms. The molecule has 0 spiro atoms. The predicted octanol–water partition coefficient (Wildman–Crippen LogP) is -1.86. The fourth-order valence-corrected chi connectivity index (χ4v) is 0.130. The van der Waals surface area contributed by atoms with Gasteiger partial charge in [-0.1, -0.05) is 0 Å². The Morgan fingerprint density at radius 2 is 2.25 bits per heavy atom. The second-order valence-corrected chi connectivity index (χ2v) is 0.948. The molecule has 0 aromatic rings. The molecule has 0 atom stereocenters. The van der Waals surface area contributed by atoms with E-state index in [9.17, 15) is 14.7 Å². The summed E-state index contributed by atoms with van der Waals surface area (Å²) in [6, 6.07) is 0. The number of nitrogens with one attached hydrogen (secondary N) is 1. The standard InChI is InChI=1S/C4H3NO3/c5-1-3(2-6)4(7)8/h1,5H,(H,7,8)/p-1. The highest BCUT2D eigenvalue weighted by Crippen LogP contribution is 1.74. The van der Waals surface area contributed by atoms with Crippen molar-refractivity contribution in [2.75, 3.05) is 0 Å². The van der Waals surface area contributed by atoms with E-state index >= 15 is 0 Å². The molecule has 0 amide bonds. The number of hydrogen-bond donors (Lipinski definition) is 1. The van der Waals surface area contributed by atoms with Crippen molar-refractivity contribution in [3.8, 4) is 0 Å². The van der Waals surface area contributed by atoms with E-state index in [1.54, 1.807) is 0 Å². The first-order valence-corrected chi connectivity index (χ1v) is 1.69. The molecule has 0 aliphatic rings. The molecule has 0 aliphatic heterocycles. The van der Waals surface area contributed by atoms with Crippen molar-refractivity contribution < 1.29 is 14.7 Å². The average Bonchev–Trinajstić information content (AvgIpc) is 1.69. The van der Waals surface area contributed by atoms with Gasteiger partial charge < -0.3 is 15.3 Å². The normalized spacial score (nSPS) is 7.00. The highest BCUT2D eigenvalue weighted by atomic mass is 16.4. The minimum absolute atomic E-state index is 0.377. The number of aliphatic carboxylic acids is 1. The van der Waals surface area contributed by atoms with Crippen LogP contribution in [0.5, 0.6) is 0 Å². The van der Waals surface area contributed by atoms with E-state index in [0.29, 0.717) is 6.21 Å². The topological polar surface area (TPSA) is 81.0 Å². The summed E-state index contributed by atoms with van der Waals surface area (Å²) >= 11 is 0. The lowest BCUT2D eigenvalue weighted by Crippen LogP contribution is -2.25. The Bertz CT molecular complexity index is 166. The molecule has 0 unspecified atom stereocenters. The summed E-state index contributed by atoms with van der Waals surface area (Å²) in [5.41, 5.74) is -0.773. The Hall–Kier alpha value is -1.41. The maximum atomic E-state index is 9.60. The molecule has 4 heteroatoms. The number of carbonyl (C=O) groups excluding carboxylic acids is 2. The highest BCUT2D eigenvalue weighted by Gasteiger charge is 1.89. The van der Waals surface area contributed by atoms with Gasteiger partial charge in [0.1, 0.15) is 5.94 Å². The molecule has 0 radical (unpaired) electrons. The third-order valence-corrected chi connectivity index (χ3v) is 0.474. The third-order valence-electron chi connectivity index (χ3n) is 0.474. The van der Waals surface area contributed by atoms with Crippen LogP contribution in [0.25, 0.3) is 0 Å². The van der Waals surface area contributed by atoms with Gasteiger partial charge in [0.05, 0.1) is 11.5 Å². The Balaban J connectivity index is 4.37. The quantitative estimate of drug-likeness (QED) is 0.258. The number of carbonyl (C=O) groups is 1. The van der Waals surface area contributed by atoms with Crippen molar-refractivity contribution in [3.05, 3.63) is 5.57 Å². The number of carboxylic acid groups (broad SMARTS) is 1. The fourth-order valence-electron chi connectivity index (χ4n) is 0.130. The van der Waals surface area contributed by atoms with Gasteiger partial charge in [0, 0.05) is 6.21 Å². The zero-order valence-corrected chi connectivity index (χ0v) is 3.80. The summed E-state index contributed by atoms with van der Waals surface area (Å²) < 4.78 is 0. The molecule has 0 saturated heterocycles. The van der Waals surface area contributed by atoms with Crippen molar-refractivity contribution >= 4 is 18.1 Å². The van der Waals surface area contributed by atoms with E-state index in [0.717, 1.165) is 5.94 Å². The van der Waals surface area contributed by atoms with Crippen LogP contribution in [0.4, 0.5) is 0 Å². The third kappa shape index (κ3) is 1.36. The molecule has 42 valence electrons. The van der Waals surface area contributed by atoms with Gasteiger partial charge >= 0.3 is 0 Å². The Morgan fingerprint density at radius 1 is 1.75 bits per heavy atom. The molecule has 0 fully saturated rings. The van der Waals surface area contributed by atoms with Crippen molar-refractivity contribution in [2.24, 2.45) is 0 Å². The van der Waals surface area contributed by atoms with E-state index in [-0.39, 0.29) is 0 Å². The Kier molecular flexibility index (Phi) is 2.23. The summed E-state index contributed by atoms with van der Waals surface area (Å²) in [4.78, 5) is 19.0. The maximum absolute atomic E-state index is 9.60. The zero-order chi connectivity index (χ0) is 6.57. The molecule has 0 saturated carbocycles. The van der Waals surface area contributed by atoms with Crippen LogP contribution in [0.2, 0.25) is 0 Å². The molecule has 0 rings (SSSR count). The van der Waals surface area contributed by atoms with Crippen molar-refractivity contribution in [1.82, 2.24) is 0 Å². The van der Waals surface area contributed by atoms with Crippen LogP contribution < -0.4 is 5.11 Å². The van der Waals surface area contributed by atoms with E-state index in [2.05, 4.69) is 0 Å². The smallest absolute Gasteiger partial charge is 0.135 e. The van der Waals surface area contributed by atoms with E-state index < -0.39 is 11.5 Å². The van der Waals surface area contributed by atoms with Crippen molar-refractivity contribution in [1.29, 1.82) is 5.41 Å². The van der Waals surface area contributed by atoms with Gasteiger partial charge in [0.2, 0.25) is 0 Å². The lowest BCUT2D eigenvalue weighted by Gasteiger charge is -1.91. The second-order valence-electron chi connectivity index (χ2n) is 0.948. The Labute approximate surface area is 44.9 Å². The zero-order valence-electron chi connectivity index (χ0n) is 3.80. The molecule has 0 aromatic carbocycles. The molecule has 1 N–H and O–H groups in total. The summed E-state index contributed by atoms with van der Waals surface area (Å²) in [6.45, 7) is 0. The fraction of sp³-hybridized carbons (Fsp3) is 0. The largest absolute Gasteiger partial charge is 0.544 e. The maximum Gasteiger partial charge on any atom is 0.135 e. The van der Waals surface area contributed by atoms with Crippen LogP contribution in [-0.4, -0.2) is 18.1 Å². The van der Waals surface area contributed by atoms with Gasteiger partial charge in [-0.3, -0.25) is 0 Å². The monoisotopic (exact) mass is 112 g/mol. The summed E-state index contributed by atoms with van der Waals surface area (Å²) in [6.07, 6.45) is 0.377. The minimum Gasteiger partial charge on any atom is -0.544 e. The summed E-state index contributed by atoms with van der Waals surface area (Å²) in [5.74, 6) is -0.659. The predicted molar refractivity (Wildman–Crippen MR) is 23.0 cm³/mol. The van der Waals surface area contributed by atoms with Gasteiger partial charge in [-0.2, -0.15) is 0 Å². The van der Waals surface area contributed by atoms with Crippen LogP contribution in [0.15, 0.2) is 5.57 Å². The molecular formula is C4H2NO3-. The molecule has 0 aromatic heterocycles. The number of hydrogen-bond acceptors (Lipinski definition) is 4. The summed E-state index contributed by atoms with van der Waals surface area (Å²) in [7, 11) is 0. The van der Waals surface area contributed by atoms with Gasteiger partial charge in [0.15, 0.2) is 0 Å². The minimum atomic E-state index is -1.67. The van der Waals surface area contributed by atoms with E-state index in [4.69, 9.17) is 5.41 Å². The van der Waals surface area contributed by atoms with Crippen LogP contribution >= 0.6 is 0 Å². The van der Waals surface area contributed by atoms with Gasteiger partial charge in [-0.25, -0.2) is 4.79 Å². The first-order valence-electron chi connectivity index (χ1n) is 1.69. The Morgan fingerprint density at radius 3 is 2.25 bits per heavy atom. The molecular weight excluding hydrogens is 110 g/mol. The lowest BCUT2D eigenvalue weighted by molar-refractivity contribution is -0.298. The molecule has 0 aliphatic carbocycles. The lowest BCUT2D eigenvalue weighted by atomic mass is 10.3. The van der Waals surface area contributed by atoms with Crippen LogP contribution in [-0.2, 0) is 9.59 Å². The van der Waals surface area contributed by atoms with E-state index in [1.165, 1.54) is 0 Å². The first-order chi connectivity index (χ1) is 3.72. The molecule has 0 heterocycles. The van der Waals surface area contributed by atoms with Crippen LogP contribution in [0.1, 0.15) is 0 Å². The van der Waals surface area contributed by atoms with Crippen LogP contribution in [0.3, 0.4) is 0 Å². The molecule has 8 heavy (non-hydrogen) atoms. The van der Waals surface area contributed by atoms with Crippen molar-refractivity contribution in [3.63, 3.8) is 0 Å². The average molecular weight is 112 g/mol. The van der Waals surface area contributed by atoms with Gasteiger partial charge in [-0.15, -0.1) is 0 Å². The SMILES string of the molecule is N=CC(=C=O)C(=O)[O-]. The highest BCUT2D eigenvalue weighted by molar-refractivity contribution is 6.13. The second kappa shape index (κ2) is 2.71. The van der Waals surface area contributed by atoms with Gasteiger partial charge in [-0.05, 0) is 0 Å². The van der Waals surface area contributed by atoms with E-state index in [1.807, 2.05) is 0 Å². The van der Waals surface area contributed by atoms with Gasteiger partial charge in [0.25, 0.3) is 0 Å².